The summed E-state index contributed by atoms with van der Waals surface area (Å²) in [6.07, 6.45) is 1.51. The minimum atomic E-state index is -0.329. The molecule has 0 aliphatic carbocycles. The number of hydrogen-bond acceptors (Lipinski definition) is 6. The Bertz CT molecular complexity index is 820. The fraction of sp³-hybridized carbons (Fsp3) is 0.188. The van der Waals surface area contributed by atoms with Gasteiger partial charge in [0.05, 0.1) is 12.0 Å². The Balaban J connectivity index is 1.54. The number of rotatable bonds is 6. The molecular weight excluding hydrogens is 333 g/mol. The minimum absolute atomic E-state index is 0.116. The summed E-state index contributed by atoms with van der Waals surface area (Å²) < 4.78 is 24.2. The van der Waals surface area contributed by atoms with Crippen molar-refractivity contribution in [3.63, 3.8) is 0 Å². The monoisotopic (exact) mass is 347 g/mol. The molecule has 24 heavy (non-hydrogen) atoms. The van der Waals surface area contributed by atoms with Gasteiger partial charge in [-0.3, -0.25) is 4.79 Å². The second-order valence-corrected chi connectivity index (χ2v) is 5.91. The fourth-order valence-electron chi connectivity index (χ4n) is 1.97. The van der Waals surface area contributed by atoms with Gasteiger partial charge >= 0.3 is 0 Å². The SMILES string of the molecule is CN(Cc1ccccc1F)C(=O)CSc1nnc(-c2ccco2)o1. The zero-order valence-electron chi connectivity index (χ0n) is 12.8. The van der Waals surface area contributed by atoms with Crippen molar-refractivity contribution in [2.75, 3.05) is 12.8 Å². The van der Waals surface area contributed by atoms with Gasteiger partial charge in [-0.05, 0) is 18.2 Å². The van der Waals surface area contributed by atoms with E-state index >= 15 is 0 Å². The summed E-state index contributed by atoms with van der Waals surface area (Å²) >= 11 is 1.12. The average molecular weight is 347 g/mol. The number of benzene rings is 1. The van der Waals surface area contributed by atoms with Crippen molar-refractivity contribution in [3.8, 4) is 11.7 Å². The van der Waals surface area contributed by atoms with Crippen molar-refractivity contribution in [2.24, 2.45) is 0 Å². The molecule has 0 radical (unpaired) electrons. The predicted molar refractivity (Wildman–Crippen MR) is 85.6 cm³/mol. The lowest BCUT2D eigenvalue weighted by atomic mass is 10.2. The Hall–Kier alpha value is -2.61. The second-order valence-electron chi connectivity index (χ2n) is 4.98. The first kappa shape index (κ1) is 16.3. The van der Waals surface area contributed by atoms with Crippen LogP contribution in [0, 0.1) is 5.82 Å². The first-order valence-corrected chi connectivity index (χ1v) is 8.09. The van der Waals surface area contributed by atoms with E-state index in [4.69, 9.17) is 8.83 Å². The molecule has 0 bridgehead atoms. The quantitative estimate of drug-likeness (QED) is 0.638. The molecule has 0 saturated heterocycles. The van der Waals surface area contributed by atoms with Crippen LogP contribution in [0.2, 0.25) is 0 Å². The molecule has 0 aliphatic rings. The number of thioether (sulfide) groups is 1. The average Bonchev–Trinajstić information content (AvgIpc) is 3.25. The number of hydrogen-bond donors (Lipinski definition) is 0. The van der Waals surface area contributed by atoms with Gasteiger partial charge in [0.15, 0.2) is 5.76 Å². The summed E-state index contributed by atoms with van der Waals surface area (Å²) in [5.74, 6) is 0.350. The fourth-order valence-corrected chi connectivity index (χ4v) is 2.68. The van der Waals surface area contributed by atoms with Crippen molar-refractivity contribution >= 4 is 17.7 Å². The van der Waals surface area contributed by atoms with Crippen LogP contribution < -0.4 is 0 Å². The number of carbonyl (C=O) groups is 1. The van der Waals surface area contributed by atoms with Crippen LogP contribution in [-0.2, 0) is 11.3 Å². The summed E-state index contributed by atoms with van der Waals surface area (Å²) in [6.45, 7) is 0.202. The van der Waals surface area contributed by atoms with Crippen LogP contribution in [0.25, 0.3) is 11.7 Å². The normalized spacial score (nSPS) is 10.8. The van der Waals surface area contributed by atoms with E-state index in [2.05, 4.69) is 10.2 Å². The van der Waals surface area contributed by atoms with Crippen LogP contribution in [0.1, 0.15) is 5.56 Å². The maximum atomic E-state index is 13.6. The maximum absolute atomic E-state index is 13.6. The first-order valence-electron chi connectivity index (χ1n) is 7.11. The van der Waals surface area contributed by atoms with Crippen LogP contribution in [0.3, 0.4) is 0 Å². The number of amides is 1. The summed E-state index contributed by atoms with van der Waals surface area (Å²) in [5, 5.41) is 7.98. The molecule has 1 aromatic carbocycles. The van der Waals surface area contributed by atoms with Gasteiger partial charge in [-0.1, -0.05) is 30.0 Å². The van der Waals surface area contributed by atoms with Gasteiger partial charge in [0.2, 0.25) is 5.91 Å². The summed E-state index contributed by atoms with van der Waals surface area (Å²) in [5.41, 5.74) is 0.469. The van der Waals surface area contributed by atoms with E-state index in [1.807, 2.05) is 0 Å². The molecule has 6 nitrogen and oxygen atoms in total. The van der Waals surface area contributed by atoms with Crippen LogP contribution in [0.15, 0.2) is 56.7 Å². The van der Waals surface area contributed by atoms with Crippen LogP contribution in [0.4, 0.5) is 4.39 Å². The smallest absolute Gasteiger partial charge is 0.284 e. The highest BCUT2D eigenvalue weighted by molar-refractivity contribution is 7.99. The predicted octanol–water partition coefficient (Wildman–Crippen LogP) is 3.22. The summed E-state index contributed by atoms with van der Waals surface area (Å²) in [7, 11) is 1.62. The van der Waals surface area contributed by atoms with Gasteiger partial charge in [0.1, 0.15) is 5.82 Å². The van der Waals surface area contributed by atoms with Crippen LogP contribution in [0.5, 0.6) is 0 Å². The van der Waals surface area contributed by atoms with E-state index in [1.54, 1.807) is 37.4 Å². The van der Waals surface area contributed by atoms with Gasteiger partial charge < -0.3 is 13.7 Å². The lowest BCUT2D eigenvalue weighted by Gasteiger charge is -2.16. The molecule has 0 N–H and O–H groups in total. The Morgan fingerprint density at radius 2 is 2.08 bits per heavy atom. The van der Waals surface area contributed by atoms with Crippen LogP contribution in [-0.4, -0.2) is 33.8 Å². The maximum Gasteiger partial charge on any atom is 0.284 e. The third-order valence-corrected chi connectivity index (χ3v) is 4.05. The Labute approximate surface area is 141 Å². The topological polar surface area (TPSA) is 72.4 Å². The number of carbonyl (C=O) groups excluding carboxylic acids is 1. The standard InChI is InChI=1S/C16H14FN3O3S/c1-20(9-11-5-2-3-6-12(11)17)14(21)10-24-16-19-18-15(23-16)13-7-4-8-22-13/h2-8H,9-10H2,1H3. The van der Waals surface area contributed by atoms with E-state index in [0.29, 0.717) is 11.3 Å². The van der Waals surface area contributed by atoms with E-state index in [9.17, 15) is 9.18 Å². The molecule has 0 fully saturated rings. The molecule has 3 aromatic rings. The Kier molecular flexibility index (Phi) is 4.95. The zero-order chi connectivity index (χ0) is 16.9. The molecule has 0 saturated carbocycles. The largest absolute Gasteiger partial charge is 0.459 e. The van der Waals surface area contributed by atoms with Gasteiger partial charge in [0.25, 0.3) is 11.1 Å². The molecule has 8 heteroatoms. The Morgan fingerprint density at radius 1 is 1.25 bits per heavy atom. The van der Waals surface area contributed by atoms with E-state index in [0.717, 1.165) is 11.8 Å². The van der Waals surface area contributed by atoms with E-state index in [1.165, 1.54) is 17.2 Å². The molecule has 2 heterocycles. The summed E-state index contributed by atoms with van der Waals surface area (Å²) in [6, 6.07) is 9.79. The van der Waals surface area contributed by atoms with Gasteiger partial charge in [0, 0.05) is 19.2 Å². The molecule has 0 spiro atoms. The van der Waals surface area contributed by atoms with Crippen molar-refractivity contribution in [1.29, 1.82) is 0 Å². The molecule has 2 aromatic heterocycles. The Morgan fingerprint density at radius 3 is 2.83 bits per heavy atom. The number of nitrogens with zero attached hydrogens (tertiary/aromatic N) is 3. The lowest BCUT2D eigenvalue weighted by Crippen LogP contribution is -2.28. The van der Waals surface area contributed by atoms with Crippen molar-refractivity contribution in [1.82, 2.24) is 15.1 Å². The number of furan rings is 1. The highest BCUT2D eigenvalue weighted by Crippen LogP contribution is 2.23. The molecule has 1 amide bonds. The number of aromatic nitrogens is 2. The van der Waals surface area contributed by atoms with Gasteiger partial charge in [-0.25, -0.2) is 4.39 Å². The zero-order valence-corrected chi connectivity index (χ0v) is 13.6. The van der Waals surface area contributed by atoms with Crippen LogP contribution >= 0.6 is 11.8 Å². The van der Waals surface area contributed by atoms with E-state index in [-0.39, 0.29) is 35.1 Å². The molecule has 0 atom stereocenters. The van der Waals surface area contributed by atoms with Crippen molar-refractivity contribution in [3.05, 3.63) is 54.0 Å². The first-order chi connectivity index (χ1) is 11.6. The highest BCUT2D eigenvalue weighted by Gasteiger charge is 2.15. The third-order valence-electron chi connectivity index (χ3n) is 3.25. The molecule has 0 unspecified atom stereocenters. The summed E-state index contributed by atoms with van der Waals surface area (Å²) in [4.78, 5) is 13.6. The molecular formula is C16H14FN3O3S. The lowest BCUT2D eigenvalue weighted by molar-refractivity contribution is -0.127. The molecule has 0 aliphatic heterocycles. The molecule has 3 rings (SSSR count). The molecule has 124 valence electrons. The van der Waals surface area contributed by atoms with Gasteiger partial charge in [-0.2, -0.15) is 0 Å². The van der Waals surface area contributed by atoms with Crippen molar-refractivity contribution < 1.29 is 18.0 Å². The number of halogens is 1. The highest BCUT2D eigenvalue weighted by atomic mass is 32.2. The van der Waals surface area contributed by atoms with Gasteiger partial charge in [-0.15, -0.1) is 10.2 Å². The van der Waals surface area contributed by atoms with Crippen molar-refractivity contribution in [2.45, 2.75) is 11.8 Å². The second kappa shape index (κ2) is 7.31. The van der Waals surface area contributed by atoms with E-state index < -0.39 is 0 Å². The third kappa shape index (κ3) is 3.83. The minimum Gasteiger partial charge on any atom is -0.459 e.